The van der Waals surface area contributed by atoms with Crippen molar-refractivity contribution in [3.63, 3.8) is 0 Å². The van der Waals surface area contributed by atoms with Crippen LogP contribution in [0.2, 0.25) is 0 Å². The molecule has 0 radical (unpaired) electrons. The van der Waals surface area contributed by atoms with Gasteiger partial charge in [0.25, 0.3) is 0 Å². The molecule has 1 aromatic rings. The van der Waals surface area contributed by atoms with Crippen molar-refractivity contribution >= 4 is 17.6 Å². The third kappa shape index (κ3) is 6.45. The van der Waals surface area contributed by atoms with Crippen LogP contribution in [0.3, 0.4) is 0 Å². The van der Waals surface area contributed by atoms with Crippen molar-refractivity contribution in [2.45, 2.75) is 46.6 Å². The number of amides is 1. The molecule has 1 fully saturated rings. The van der Waals surface area contributed by atoms with Crippen LogP contribution in [-0.4, -0.2) is 50.6 Å². The van der Waals surface area contributed by atoms with Gasteiger partial charge in [-0.25, -0.2) is 0 Å². The van der Waals surface area contributed by atoms with E-state index in [-0.39, 0.29) is 5.91 Å². The number of hydrogen-bond donors (Lipinski definition) is 3. The van der Waals surface area contributed by atoms with E-state index in [4.69, 9.17) is 0 Å². The Morgan fingerprint density at radius 2 is 1.74 bits per heavy atom. The number of aliphatic imine (C=N–C) groups is 1. The average Bonchev–Trinajstić information content (AvgIpc) is 2.68. The van der Waals surface area contributed by atoms with Crippen molar-refractivity contribution in [2.24, 2.45) is 10.4 Å². The second kappa shape index (κ2) is 10.2. The normalized spacial score (nSPS) is 16.1. The van der Waals surface area contributed by atoms with Crippen LogP contribution >= 0.6 is 0 Å². The maximum absolute atomic E-state index is 12.2. The zero-order valence-corrected chi connectivity index (χ0v) is 17.2. The summed E-state index contributed by atoms with van der Waals surface area (Å²) in [6.07, 6.45) is 2.14. The third-order valence-electron chi connectivity index (χ3n) is 4.89. The van der Waals surface area contributed by atoms with Gasteiger partial charge in [0.05, 0.1) is 12.0 Å². The molecule has 0 bridgehead atoms. The summed E-state index contributed by atoms with van der Waals surface area (Å²) in [5.41, 5.74) is 0.773. The van der Waals surface area contributed by atoms with Crippen LogP contribution in [-0.2, 0) is 4.79 Å². The van der Waals surface area contributed by atoms with Gasteiger partial charge in [-0.2, -0.15) is 0 Å². The summed E-state index contributed by atoms with van der Waals surface area (Å²) in [6, 6.07) is 11.0. The SMILES string of the molecule is CCNC(=O)C(C)(C)CN=C(NCC)NC1CCN(c2ccccc2)CC1. The summed E-state index contributed by atoms with van der Waals surface area (Å²) in [6.45, 7) is 11.8. The minimum Gasteiger partial charge on any atom is -0.371 e. The lowest BCUT2D eigenvalue weighted by Gasteiger charge is -2.34. The Balaban J connectivity index is 1.89. The number of carbonyl (C=O) groups is 1. The summed E-state index contributed by atoms with van der Waals surface area (Å²) >= 11 is 0. The number of rotatable bonds is 7. The predicted octanol–water partition coefficient (Wildman–Crippen LogP) is 2.37. The number of nitrogens with one attached hydrogen (secondary N) is 3. The monoisotopic (exact) mass is 373 g/mol. The molecule has 3 N–H and O–H groups in total. The molecule has 1 aromatic carbocycles. The zero-order valence-electron chi connectivity index (χ0n) is 17.2. The van der Waals surface area contributed by atoms with Gasteiger partial charge < -0.3 is 20.9 Å². The van der Waals surface area contributed by atoms with Crippen LogP contribution in [0, 0.1) is 5.41 Å². The highest BCUT2D eigenvalue weighted by atomic mass is 16.2. The number of nitrogens with zero attached hydrogens (tertiary/aromatic N) is 2. The molecule has 0 atom stereocenters. The molecule has 0 aromatic heterocycles. The Labute approximate surface area is 163 Å². The van der Waals surface area contributed by atoms with Crippen LogP contribution < -0.4 is 20.9 Å². The van der Waals surface area contributed by atoms with Gasteiger partial charge in [-0.15, -0.1) is 0 Å². The van der Waals surface area contributed by atoms with E-state index in [0.717, 1.165) is 38.4 Å². The van der Waals surface area contributed by atoms with Crippen LogP contribution in [0.1, 0.15) is 40.5 Å². The number of piperidine rings is 1. The van der Waals surface area contributed by atoms with Crippen LogP contribution in [0.15, 0.2) is 35.3 Å². The summed E-state index contributed by atoms with van der Waals surface area (Å²) in [5.74, 6) is 0.841. The molecule has 2 rings (SSSR count). The molecule has 1 aliphatic rings. The van der Waals surface area contributed by atoms with E-state index in [1.165, 1.54) is 5.69 Å². The van der Waals surface area contributed by atoms with Crippen molar-refractivity contribution in [1.82, 2.24) is 16.0 Å². The molecule has 1 amide bonds. The van der Waals surface area contributed by atoms with Crippen LogP contribution in [0.25, 0.3) is 0 Å². The highest BCUT2D eigenvalue weighted by Crippen LogP contribution is 2.19. The average molecular weight is 374 g/mol. The van der Waals surface area contributed by atoms with Gasteiger partial charge in [-0.1, -0.05) is 18.2 Å². The lowest BCUT2D eigenvalue weighted by atomic mass is 9.92. The fourth-order valence-electron chi connectivity index (χ4n) is 3.18. The van der Waals surface area contributed by atoms with Crippen LogP contribution in [0.4, 0.5) is 5.69 Å². The highest BCUT2D eigenvalue weighted by Gasteiger charge is 2.27. The smallest absolute Gasteiger partial charge is 0.227 e. The van der Waals surface area contributed by atoms with Gasteiger partial charge in [0.1, 0.15) is 0 Å². The van der Waals surface area contributed by atoms with E-state index >= 15 is 0 Å². The predicted molar refractivity (Wildman–Crippen MR) is 113 cm³/mol. The zero-order chi connectivity index (χ0) is 19.7. The molecule has 27 heavy (non-hydrogen) atoms. The fourth-order valence-corrected chi connectivity index (χ4v) is 3.18. The molecule has 0 spiro atoms. The quantitative estimate of drug-likeness (QED) is 0.507. The second-order valence-corrected chi connectivity index (χ2v) is 7.68. The van der Waals surface area contributed by atoms with E-state index in [1.54, 1.807) is 0 Å². The van der Waals surface area contributed by atoms with Gasteiger partial charge >= 0.3 is 0 Å². The second-order valence-electron chi connectivity index (χ2n) is 7.68. The van der Waals surface area contributed by atoms with Crippen LogP contribution in [0.5, 0.6) is 0 Å². The molecule has 1 aliphatic heterocycles. The van der Waals surface area contributed by atoms with Crippen molar-refractivity contribution in [1.29, 1.82) is 0 Å². The standard InChI is InChI=1S/C21H35N5O/c1-5-22-19(27)21(3,4)16-24-20(23-6-2)25-17-12-14-26(15-13-17)18-10-8-7-9-11-18/h7-11,17H,5-6,12-16H2,1-4H3,(H,22,27)(H2,23,24,25). The van der Waals surface area contributed by atoms with Gasteiger partial charge in [0.2, 0.25) is 5.91 Å². The summed E-state index contributed by atoms with van der Waals surface area (Å²) in [4.78, 5) is 19.3. The van der Waals surface area contributed by atoms with Gasteiger partial charge in [-0.05, 0) is 52.7 Å². The minimum atomic E-state index is -0.519. The number of benzene rings is 1. The van der Waals surface area contributed by atoms with Gasteiger partial charge in [0, 0.05) is 37.9 Å². The lowest BCUT2D eigenvalue weighted by Crippen LogP contribution is -2.49. The first-order chi connectivity index (χ1) is 13.0. The van der Waals surface area contributed by atoms with E-state index in [2.05, 4.69) is 63.1 Å². The first kappa shape index (κ1) is 21.1. The first-order valence-electron chi connectivity index (χ1n) is 10.1. The van der Waals surface area contributed by atoms with E-state index in [0.29, 0.717) is 19.1 Å². The molecular weight excluding hydrogens is 338 g/mol. The number of guanidine groups is 1. The summed E-state index contributed by atoms with van der Waals surface area (Å²) in [5, 5.41) is 9.75. The number of carbonyl (C=O) groups excluding carboxylic acids is 1. The Hall–Kier alpha value is -2.24. The molecule has 0 saturated carbocycles. The lowest BCUT2D eigenvalue weighted by molar-refractivity contribution is -0.128. The molecule has 1 saturated heterocycles. The highest BCUT2D eigenvalue weighted by molar-refractivity contribution is 5.83. The van der Waals surface area contributed by atoms with E-state index in [9.17, 15) is 4.79 Å². The largest absolute Gasteiger partial charge is 0.371 e. The first-order valence-corrected chi connectivity index (χ1v) is 10.1. The number of para-hydroxylation sites is 1. The van der Waals surface area contributed by atoms with Gasteiger partial charge in [-0.3, -0.25) is 9.79 Å². The minimum absolute atomic E-state index is 0.0424. The Kier molecular flexibility index (Phi) is 7.95. The Morgan fingerprint density at radius 3 is 2.33 bits per heavy atom. The third-order valence-corrected chi connectivity index (χ3v) is 4.89. The molecule has 1 heterocycles. The number of hydrogen-bond acceptors (Lipinski definition) is 3. The summed E-state index contributed by atoms with van der Waals surface area (Å²) < 4.78 is 0. The molecular formula is C21H35N5O. The number of anilines is 1. The van der Waals surface area contributed by atoms with Crippen molar-refractivity contribution in [3.05, 3.63) is 30.3 Å². The molecule has 0 unspecified atom stereocenters. The van der Waals surface area contributed by atoms with Gasteiger partial charge in [0.15, 0.2) is 5.96 Å². The fraction of sp³-hybridized carbons (Fsp3) is 0.619. The molecule has 150 valence electrons. The topological polar surface area (TPSA) is 68.8 Å². The molecule has 6 nitrogen and oxygen atoms in total. The van der Waals surface area contributed by atoms with E-state index < -0.39 is 5.41 Å². The summed E-state index contributed by atoms with van der Waals surface area (Å²) in [7, 11) is 0. The van der Waals surface area contributed by atoms with Crippen molar-refractivity contribution in [3.8, 4) is 0 Å². The Bertz CT molecular complexity index is 606. The van der Waals surface area contributed by atoms with Crippen molar-refractivity contribution in [2.75, 3.05) is 37.6 Å². The molecule has 0 aliphatic carbocycles. The maximum Gasteiger partial charge on any atom is 0.227 e. The van der Waals surface area contributed by atoms with E-state index in [1.807, 2.05) is 20.8 Å². The molecule has 6 heteroatoms. The van der Waals surface area contributed by atoms with Crippen molar-refractivity contribution < 1.29 is 4.79 Å². The maximum atomic E-state index is 12.2. The Morgan fingerprint density at radius 1 is 1.11 bits per heavy atom.